The van der Waals surface area contributed by atoms with Gasteiger partial charge in [-0.15, -0.1) is 21.4 Å². The van der Waals surface area contributed by atoms with E-state index >= 15 is 0 Å². The lowest BCUT2D eigenvalue weighted by Gasteiger charge is -2.44. The standard InChI is InChI=1S/C16H25N3O7S.C15H24N4O7S.2C14H22N4O7S.C14H21N3O7S/c1-16(2)9-3-5-11(16)13(7-9)25-17-14(20)12-6-4-10-8-18(12)15(21)19(10)26-27(22,23)24;1-17-9-2-3-10(17)7-12(6-9)25-16-14(20)13-5-4-11-8-18(13)15(21)19(11)26-27(22,23)24;19-13(15-24-12-8-16-5-3-9(12)4-6-16)11-2-1-10-7-17(11)14(20)18(10)25-26(21,22)23;19-13(16-24-11-5-8-1-2-9(6-11)15-8)12-4-3-10-7-17(12)14(20)18(10)25-26(21,22)23;18-13(15-23-12-6-8-1-2-9(12)5-8)11-4-3-10-7-16(11)14(19)17(10)24-25(20,21)22/h9-13H,3-8H2,1-2H3,(H,17,20)(H,22,23,24);9-13H,2-8H2,1H3,(H,16,20)(H,22,23,24);9-12H,1-8H2,(H,15,19)(H,21,22,23);8-12,15H,1-7H2,(H,16,19)(H,21,22,23);8-12H,1-7H2,(H,15,18)(H,20,21,22)/t9?,10-,11?,12+,13?;9?,10?,11-,12?,13+;10-,11+,12?;8?,9?,10-,11?,12+;8?,9?,10-,11+,12?/m11111/s1. The Morgan fingerprint density at radius 3 is 0.947 bits per heavy atom. The Bertz CT molecular complexity index is 4930. The zero-order chi connectivity index (χ0) is 93.6. The minimum absolute atomic E-state index is 0.0207. The number of carbonyl (C=O) groups is 10. The van der Waals surface area contributed by atoms with Crippen molar-refractivity contribution in [3.63, 3.8) is 0 Å². The van der Waals surface area contributed by atoms with Gasteiger partial charge in [0.05, 0.1) is 54.6 Å². The van der Waals surface area contributed by atoms with Crippen molar-refractivity contribution in [2.75, 3.05) is 59.4 Å². The highest BCUT2D eigenvalue weighted by atomic mass is 32.3. The molecule has 0 spiro atoms. The van der Waals surface area contributed by atoms with Crippen LogP contribution in [0.15, 0.2) is 0 Å². The Balaban J connectivity index is 0.000000120. The fraction of sp³-hybridized carbons (Fsp3) is 0.863. The van der Waals surface area contributed by atoms with Crippen molar-refractivity contribution in [3.8, 4) is 0 Å². The normalized spacial score (nSPS) is 36.7. The number of carbonyl (C=O) groups excluding carboxylic acids is 10. The van der Waals surface area contributed by atoms with Crippen molar-refractivity contribution >= 4 is 112 Å². The van der Waals surface area contributed by atoms with Gasteiger partial charge in [0, 0.05) is 63.4 Å². The number of nitrogens with one attached hydrogen (secondary N) is 6. The van der Waals surface area contributed by atoms with E-state index in [1.807, 2.05) is 0 Å². The fourth-order valence-corrected chi connectivity index (χ4v) is 25.5. The summed E-state index contributed by atoms with van der Waals surface area (Å²) in [4.78, 5) is 163. The van der Waals surface area contributed by atoms with Gasteiger partial charge in [0.1, 0.15) is 36.3 Å². The highest BCUT2D eigenvalue weighted by Crippen LogP contribution is 2.58. The predicted molar refractivity (Wildman–Crippen MR) is 434 cm³/mol. The van der Waals surface area contributed by atoms with Crippen molar-refractivity contribution in [3.05, 3.63) is 0 Å². The predicted octanol–water partition coefficient (Wildman–Crippen LogP) is -0.798. The summed E-state index contributed by atoms with van der Waals surface area (Å²) in [5, 5.41) is 6.60. The lowest BCUT2D eigenvalue weighted by Crippen LogP contribution is -2.55. The molecule has 17 saturated heterocycles. The maximum atomic E-state index is 12.6. The van der Waals surface area contributed by atoms with Gasteiger partial charge in [0.25, 0.3) is 29.5 Å². The Hall–Kier alpha value is -7.27. The van der Waals surface area contributed by atoms with Crippen molar-refractivity contribution in [2.24, 2.45) is 35.0 Å². The molecule has 17 heterocycles. The second-order valence-corrected chi connectivity index (χ2v) is 43.2. The van der Waals surface area contributed by atoms with Crippen LogP contribution in [0.25, 0.3) is 0 Å². The first-order valence-corrected chi connectivity index (χ1v) is 51.4. The molecule has 4 saturated carbocycles. The maximum absolute atomic E-state index is 12.6. The third-order valence-corrected chi connectivity index (χ3v) is 31.9. The summed E-state index contributed by atoms with van der Waals surface area (Å²) in [5.74, 6) is 0.501. The summed E-state index contributed by atoms with van der Waals surface area (Å²) in [7, 11) is -21.9. The number of rotatable bonds is 25. The average Bonchev–Trinajstić information content (AvgIpc) is 1.59. The number of hydrogen-bond donors (Lipinski definition) is 11. The Labute approximate surface area is 755 Å². The second-order valence-electron chi connectivity index (χ2n) is 38.2. The van der Waals surface area contributed by atoms with Crippen LogP contribution < -0.4 is 32.7 Å². The zero-order valence-electron chi connectivity index (χ0n) is 72.0. The zero-order valence-corrected chi connectivity index (χ0v) is 76.1. The first-order valence-electron chi connectivity index (χ1n) is 44.6. The molecule has 21 fully saturated rings. The van der Waals surface area contributed by atoms with E-state index < -0.39 is 172 Å². The molecule has 11 N–H and O–H groups in total. The number of piperidine rings is 10. The number of amides is 15. The van der Waals surface area contributed by atoms with Crippen LogP contribution in [0.3, 0.4) is 0 Å². The number of fused-ring (bicyclic) bond motifs is 21. The number of urea groups is 5. The van der Waals surface area contributed by atoms with Crippen LogP contribution in [0.1, 0.15) is 187 Å². The van der Waals surface area contributed by atoms with Gasteiger partial charge in [-0.3, -0.25) is 70.9 Å². The van der Waals surface area contributed by atoms with E-state index in [0.717, 1.165) is 116 Å². The maximum Gasteiger partial charge on any atom is 0.418 e. The van der Waals surface area contributed by atoms with Gasteiger partial charge in [0.15, 0.2) is 0 Å². The molecular formula is C73H114N18O35S5. The third-order valence-electron chi connectivity index (χ3n) is 30.1. The molecule has 21 aliphatic rings. The SMILES string of the molecule is CC1(C)C2CCC1C(ONC(=O)[C@@H]1CC[C@@H]3CN1C(=O)N3OS(=O)(=O)O)C2.CN1C2CCC1CC(ONC(=O)[C@@H]1CC[C@@H]3CN1C(=O)N3OS(=O)(=O)O)C2.O=C(NOC1CC2CCC(C1)N2)[C@@H]1CC[C@@H]2CN1C(=O)N2OS(=O)(=O)O.O=C(NOC1CC2CCC1C2)[C@@H]1CC[C@@H]2CN1C(=O)N2OS(=O)(=O)O.O=C(NOC1CN2CCC1CC2)[C@@H]1CC[C@@H]2CN1C(=O)N2OS(=O)(=O)O. The fourth-order valence-electron chi connectivity index (χ4n) is 23.6. The topological polar surface area (TPSA) is 646 Å². The van der Waals surface area contributed by atoms with Crippen molar-refractivity contribution in [2.45, 2.75) is 302 Å². The molecule has 4 aliphatic carbocycles. The Morgan fingerprint density at radius 1 is 0.336 bits per heavy atom. The molecule has 58 heteroatoms. The van der Waals surface area contributed by atoms with E-state index in [-0.39, 0.29) is 68.7 Å². The lowest BCUT2D eigenvalue weighted by molar-refractivity contribution is -0.156. The van der Waals surface area contributed by atoms with Gasteiger partial charge in [0.2, 0.25) is 0 Å². The van der Waals surface area contributed by atoms with E-state index in [2.05, 4.69) is 84.8 Å². The van der Waals surface area contributed by atoms with E-state index in [4.69, 9.17) is 47.0 Å². The second kappa shape index (κ2) is 38.4. The number of hydroxylamine groups is 15. The molecule has 21 atom stereocenters. The van der Waals surface area contributed by atoms with Crippen LogP contribution in [0.5, 0.6) is 0 Å². The van der Waals surface area contributed by atoms with Crippen LogP contribution in [0.2, 0.25) is 0 Å². The van der Waals surface area contributed by atoms with Crippen molar-refractivity contribution in [1.82, 2.24) is 92.3 Å². The summed E-state index contributed by atoms with van der Waals surface area (Å²) in [6.07, 6.45) is 21.3. The largest absolute Gasteiger partial charge is 0.418 e. The smallest absolute Gasteiger partial charge is 0.311 e. The van der Waals surface area contributed by atoms with Gasteiger partial charge in [-0.25, -0.2) is 51.4 Å². The molecule has 0 aromatic heterocycles. The lowest BCUT2D eigenvalue weighted by atomic mass is 9.82. The molecule has 11 unspecified atom stereocenters. The molecule has 20 bridgehead atoms. The quantitative estimate of drug-likeness (QED) is 0.0394. The average molecular weight is 1960 g/mol. The monoisotopic (exact) mass is 1960 g/mol. The Kier molecular flexibility index (Phi) is 28.4. The van der Waals surface area contributed by atoms with E-state index in [1.165, 1.54) is 37.3 Å². The molecule has 53 nitrogen and oxygen atoms in total. The first-order chi connectivity index (χ1) is 61.7. The Morgan fingerprint density at radius 2 is 0.656 bits per heavy atom. The summed E-state index contributed by atoms with van der Waals surface area (Å²) in [6.45, 7) is 8.21. The van der Waals surface area contributed by atoms with E-state index in [9.17, 15) is 90.0 Å². The highest BCUT2D eigenvalue weighted by molar-refractivity contribution is 7.81. The molecule has 736 valence electrons. The minimum atomic E-state index is -4.80. The number of hydrogen-bond acceptors (Lipinski definition) is 33. The molecule has 0 aromatic rings. The van der Waals surface area contributed by atoms with Crippen LogP contribution in [0.4, 0.5) is 24.0 Å². The molecule has 0 radical (unpaired) electrons. The molecular weight excluding hydrogens is 1850 g/mol. The van der Waals surface area contributed by atoms with Crippen LogP contribution in [0, 0.1) is 35.0 Å². The van der Waals surface area contributed by atoms with E-state index in [0.29, 0.717) is 143 Å². The first kappa shape index (κ1) is 96.8. The molecule has 15 amide bonds. The summed E-state index contributed by atoms with van der Waals surface area (Å²) in [5.41, 5.74) is 12.7. The summed E-state index contributed by atoms with van der Waals surface area (Å²) in [6, 6.07) is -8.31. The van der Waals surface area contributed by atoms with Gasteiger partial charge in [-0.1, -0.05) is 13.8 Å². The van der Waals surface area contributed by atoms with Crippen LogP contribution >= 0.6 is 0 Å². The van der Waals surface area contributed by atoms with Crippen LogP contribution in [-0.2, 0) is 122 Å². The van der Waals surface area contributed by atoms with Crippen molar-refractivity contribution in [1.29, 1.82) is 0 Å². The minimum Gasteiger partial charge on any atom is -0.311 e. The molecule has 0 aromatic carbocycles. The highest BCUT2D eigenvalue weighted by Gasteiger charge is 2.59. The van der Waals surface area contributed by atoms with Gasteiger partial charge >= 0.3 is 82.2 Å². The summed E-state index contributed by atoms with van der Waals surface area (Å²) >= 11 is 0. The third kappa shape index (κ3) is 21.9. The number of nitrogens with zero attached hydrogens (tertiary/aromatic N) is 12. The molecule has 131 heavy (non-hydrogen) atoms. The van der Waals surface area contributed by atoms with Gasteiger partial charge in [-0.05, 0) is 229 Å². The van der Waals surface area contributed by atoms with Gasteiger partial charge in [-0.2, -0.15) is 67.4 Å². The van der Waals surface area contributed by atoms with Crippen LogP contribution in [-0.4, -0.2) is 359 Å². The van der Waals surface area contributed by atoms with E-state index in [1.54, 1.807) is 0 Å². The molecule has 17 aliphatic heterocycles. The van der Waals surface area contributed by atoms with Crippen molar-refractivity contribution < 1.29 is 158 Å². The molecule has 21 rings (SSSR count). The van der Waals surface area contributed by atoms with Gasteiger partial charge < -0.3 is 39.6 Å². The summed E-state index contributed by atoms with van der Waals surface area (Å²) < 4.78 is 175.